The van der Waals surface area contributed by atoms with Gasteiger partial charge in [0, 0.05) is 56.0 Å². The minimum absolute atomic E-state index is 0.00300. The highest BCUT2D eigenvalue weighted by molar-refractivity contribution is 6.17. The van der Waals surface area contributed by atoms with Crippen molar-refractivity contribution in [2.45, 2.75) is 31.5 Å². The minimum atomic E-state index is -0.192. The first-order chi connectivity index (χ1) is 28.0. The lowest BCUT2D eigenvalue weighted by Crippen LogP contribution is -2.39. The van der Waals surface area contributed by atoms with Gasteiger partial charge in [0.25, 0.3) is 0 Å². The van der Waals surface area contributed by atoms with Crippen LogP contribution in [0.5, 0.6) is 0 Å². The van der Waals surface area contributed by atoms with Gasteiger partial charge in [-0.3, -0.25) is 5.32 Å². The third-order valence-electron chi connectivity index (χ3n) is 12.1. The van der Waals surface area contributed by atoms with E-state index in [-0.39, 0.29) is 17.6 Å². The van der Waals surface area contributed by atoms with E-state index < -0.39 is 0 Å². The third-order valence-corrected chi connectivity index (χ3v) is 12.1. The number of hydrogen-bond donors (Lipinski definition) is 2. The molecule has 0 bridgehead atoms. The second-order valence-corrected chi connectivity index (χ2v) is 15.8. The van der Waals surface area contributed by atoms with Gasteiger partial charge in [-0.25, -0.2) is 0 Å². The topological polar surface area (TPSA) is 40.4 Å². The molecule has 0 saturated heterocycles. The molecule has 9 aromatic rings. The number of nitrogens with zero attached hydrogens (tertiary/aromatic N) is 1. The van der Waals surface area contributed by atoms with Crippen LogP contribution in [0.4, 0.5) is 17.1 Å². The van der Waals surface area contributed by atoms with Crippen molar-refractivity contribution in [2.75, 3.05) is 4.90 Å². The van der Waals surface area contributed by atoms with Crippen molar-refractivity contribution in [3.8, 4) is 11.1 Å². The summed E-state index contributed by atoms with van der Waals surface area (Å²) < 4.78 is 7.03. The molecule has 4 heteroatoms. The monoisotopic (exact) mass is 735 g/mol. The van der Waals surface area contributed by atoms with E-state index >= 15 is 0 Å². The first-order valence-electron chi connectivity index (χ1n) is 19.8. The molecule has 2 unspecified atom stereocenters. The van der Waals surface area contributed by atoms with Crippen molar-refractivity contribution < 1.29 is 4.42 Å². The molecule has 2 N–H and O–H groups in total. The average Bonchev–Trinajstić information content (AvgIpc) is 3.76. The second kappa shape index (κ2) is 13.1. The minimum Gasteiger partial charge on any atom is -0.455 e. The normalized spacial score (nSPS) is 16.9. The molecule has 0 radical (unpaired) electrons. The number of benzene rings is 8. The van der Waals surface area contributed by atoms with Crippen molar-refractivity contribution in [2.24, 2.45) is 0 Å². The van der Waals surface area contributed by atoms with Crippen LogP contribution in [0.25, 0.3) is 49.5 Å². The molecule has 1 aliphatic carbocycles. The zero-order valence-corrected chi connectivity index (χ0v) is 31.9. The van der Waals surface area contributed by atoms with Crippen molar-refractivity contribution in [3.63, 3.8) is 0 Å². The second-order valence-electron chi connectivity index (χ2n) is 15.8. The Labute approximate surface area is 332 Å². The Morgan fingerprint density at radius 2 is 1.23 bits per heavy atom. The first-order valence-corrected chi connectivity index (χ1v) is 19.8. The van der Waals surface area contributed by atoms with E-state index in [1.807, 2.05) is 0 Å². The number of furan rings is 1. The van der Waals surface area contributed by atoms with Crippen LogP contribution in [0.1, 0.15) is 53.9 Å². The highest BCUT2D eigenvalue weighted by Crippen LogP contribution is 2.51. The lowest BCUT2D eigenvalue weighted by Gasteiger charge is -2.33. The smallest absolute Gasteiger partial charge is 0.143 e. The summed E-state index contributed by atoms with van der Waals surface area (Å²) in [4.78, 5) is 2.35. The number of rotatable bonds is 6. The van der Waals surface area contributed by atoms with E-state index in [9.17, 15) is 0 Å². The maximum atomic E-state index is 7.03. The van der Waals surface area contributed by atoms with Gasteiger partial charge in [-0.2, -0.15) is 0 Å². The van der Waals surface area contributed by atoms with Gasteiger partial charge >= 0.3 is 0 Å². The predicted molar refractivity (Wildman–Crippen MR) is 236 cm³/mol. The van der Waals surface area contributed by atoms with Crippen molar-refractivity contribution >= 4 is 55.5 Å². The molecule has 0 fully saturated rings. The Morgan fingerprint density at radius 3 is 2.05 bits per heavy atom. The third kappa shape index (κ3) is 5.48. The quantitative estimate of drug-likeness (QED) is 0.178. The van der Waals surface area contributed by atoms with Gasteiger partial charge in [0.15, 0.2) is 0 Å². The summed E-state index contributed by atoms with van der Waals surface area (Å²) in [7, 11) is 0. The molecule has 8 aromatic carbocycles. The van der Waals surface area contributed by atoms with Crippen LogP contribution in [-0.4, -0.2) is 0 Å². The van der Waals surface area contributed by atoms with Crippen LogP contribution in [0.15, 0.2) is 192 Å². The highest BCUT2D eigenvalue weighted by atomic mass is 16.3. The summed E-state index contributed by atoms with van der Waals surface area (Å²) in [6.07, 6.45) is 2.11. The molecule has 1 aliphatic heterocycles. The molecule has 0 spiro atoms. The van der Waals surface area contributed by atoms with Crippen LogP contribution in [0.3, 0.4) is 0 Å². The van der Waals surface area contributed by atoms with Gasteiger partial charge in [0.2, 0.25) is 0 Å². The number of nitrogens with one attached hydrogen (secondary N) is 2. The van der Waals surface area contributed by atoms with E-state index in [1.165, 1.54) is 27.8 Å². The van der Waals surface area contributed by atoms with Crippen LogP contribution in [-0.2, 0) is 5.41 Å². The van der Waals surface area contributed by atoms with Gasteiger partial charge in [-0.15, -0.1) is 0 Å². The van der Waals surface area contributed by atoms with Gasteiger partial charge in [-0.05, 0) is 87.3 Å². The zero-order chi connectivity index (χ0) is 38.1. The van der Waals surface area contributed by atoms with E-state index in [0.29, 0.717) is 0 Å². The maximum Gasteiger partial charge on any atom is 0.143 e. The summed E-state index contributed by atoms with van der Waals surface area (Å²) in [6.45, 7) is 4.66. The summed E-state index contributed by atoms with van der Waals surface area (Å²) in [5.74, 6) is 0. The molecule has 2 heterocycles. The standard InChI is InChI=1S/C53H41N3O/c1-53(2)45-25-15-14-24-41(45)43-31-38(27-29-46(43)53)56(37-21-10-5-11-22-37)39-26-28-42-49(32-39)57-51-40-23-13-12-20-36(40)30-44(50(42)51)52-54-47(34-16-6-3-7-17-34)33-48(55-52)35-18-8-4-9-19-35/h3-33,47,52,54-55H,1-2H3. The maximum absolute atomic E-state index is 7.03. The molecule has 274 valence electrons. The van der Waals surface area contributed by atoms with Gasteiger partial charge < -0.3 is 14.6 Å². The highest BCUT2D eigenvalue weighted by Gasteiger charge is 2.36. The molecule has 2 aliphatic rings. The fourth-order valence-corrected chi connectivity index (χ4v) is 9.33. The summed E-state index contributed by atoms with van der Waals surface area (Å²) >= 11 is 0. The van der Waals surface area contributed by atoms with E-state index in [1.54, 1.807) is 0 Å². The number of anilines is 3. The molecule has 4 nitrogen and oxygen atoms in total. The lowest BCUT2D eigenvalue weighted by atomic mass is 9.82. The molecular formula is C53H41N3O. The Hall–Kier alpha value is -6.88. The zero-order valence-electron chi connectivity index (χ0n) is 31.9. The average molecular weight is 736 g/mol. The van der Waals surface area contributed by atoms with Gasteiger partial charge in [-0.1, -0.05) is 147 Å². The molecule has 2 atom stereocenters. The van der Waals surface area contributed by atoms with E-state index in [2.05, 4.69) is 217 Å². The molecular weight excluding hydrogens is 695 g/mol. The van der Waals surface area contributed by atoms with E-state index in [0.717, 1.165) is 66.6 Å². The fraction of sp³-hybridized carbons (Fsp3) is 0.0943. The molecule has 11 rings (SSSR count). The summed E-state index contributed by atoms with van der Waals surface area (Å²) in [5.41, 5.74) is 14.9. The Morgan fingerprint density at radius 1 is 0.561 bits per heavy atom. The van der Waals surface area contributed by atoms with Crippen LogP contribution in [0, 0.1) is 0 Å². The lowest BCUT2D eigenvalue weighted by molar-refractivity contribution is 0.445. The largest absolute Gasteiger partial charge is 0.455 e. The van der Waals surface area contributed by atoms with Crippen LogP contribution >= 0.6 is 0 Å². The van der Waals surface area contributed by atoms with Gasteiger partial charge in [0.05, 0.1) is 6.04 Å². The van der Waals surface area contributed by atoms with E-state index in [4.69, 9.17) is 4.42 Å². The molecule has 0 saturated carbocycles. The Balaban J connectivity index is 1.08. The summed E-state index contributed by atoms with van der Waals surface area (Å²) in [5, 5.41) is 12.3. The Kier molecular flexibility index (Phi) is 7.70. The van der Waals surface area contributed by atoms with Crippen LogP contribution in [0.2, 0.25) is 0 Å². The Bertz CT molecular complexity index is 3000. The number of hydrogen-bond acceptors (Lipinski definition) is 4. The molecule has 0 amide bonds. The SMILES string of the molecule is CC1(C)c2ccccc2-c2cc(N(c3ccccc3)c3ccc4c(c3)oc3c5ccccc5cc(C5NC(c6ccccc6)=CC(c6ccccc6)N5)c43)ccc21. The number of fused-ring (bicyclic) bond motifs is 8. The van der Waals surface area contributed by atoms with Crippen molar-refractivity contribution in [1.82, 2.24) is 10.6 Å². The van der Waals surface area contributed by atoms with Gasteiger partial charge in [0.1, 0.15) is 17.3 Å². The number of para-hydroxylation sites is 1. The molecule has 57 heavy (non-hydrogen) atoms. The summed E-state index contributed by atoms with van der Waals surface area (Å²) in [6, 6.07) is 65.4. The first kappa shape index (κ1) is 33.5. The fourth-order valence-electron chi connectivity index (χ4n) is 9.33. The van der Waals surface area contributed by atoms with Crippen molar-refractivity contribution in [3.05, 3.63) is 216 Å². The molecule has 1 aromatic heterocycles. The van der Waals surface area contributed by atoms with Crippen molar-refractivity contribution in [1.29, 1.82) is 0 Å². The predicted octanol–water partition coefficient (Wildman–Crippen LogP) is 13.5. The van der Waals surface area contributed by atoms with Crippen LogP contribution < -0.4 is 15.5 Å².